The number of hydrogen-bond acceptors (Lipinski definition) is 2. The number of nitrogens with zero attached hydrogens (tertiary/aromatic N) is 2. The molecule has 1 aliphatic carbocycles. The molecule has 164 valence electrons. The second-order valence-electron chi connectivity index (χ2n) is 9.02. The highest BCUT2D eigenvalue weighted by Gasteiger charge is 2.36. The average Bonchev–Trinajstić information content (AvgIpc) is 3.27. The smallest absolute Gasteiger partial charge is 0.335 e. The first-order chi connectivity index (χ1) is 14.7. The molecule has 0 radical (unpaired) electrons. The largest absolute Gasteiger partial charge is 0.478 e. The van der Waals surface area contributed by atoms with E-state index < -0.39 is 5.97 Å². The fourth-order valence-corrected chi connectivity index (χ4v) is 3.90. The molecule has 1 aliphatic rings. The van der Waals surface area contributed by atoms with E-state index in [0.717, 1.165) is 6.54 Å². The Morgan fingerprint density at radius 2 is 1.58 bits per heavy atom. The fraction of sp³-hybridized carbons (Fsp3) is 0.333. The minimum Gasteiger partial charge on any atom is -0.478 e. The van der Waals surface area contributed by atoms with Crippen LogP contribution in [0.2, 0.25) is 0 Å². The lowest BCUT2D eigenvalue weighted by atomic mass is 9.63. The fourth-order valence-electron chi connectivity index (χ4n) is 3.90. The minimum atomic E-state index is -0.879. The van der Waals surface area contributed by atoms with Gasteiger partial charge in [0.25, 0.3) is 0 Å². The van der Waals surface area contributed by atoms with Gasteiger partial charge in [0.1, 0.15) is 0 Å². The summed E-state index contributed by atoms with van der Waals surface area (Å²) in [4.78, 5) is 10.2. The predicted molar refractivity (Wildman–Crippen MR) is 128 cm³/mol. The van der Waals surface area contributed by atoms with Gasteiger partial charge in [-0.1, -0.05) is 64.1 Å². The van der Waals surface area contributed by atoms with Crippen molar-refractivity contribution in [2.75, 3.05) is 0 Å². The van der Waals surface area contributed by atoms with E-state index in [1.807, 2.05) is 23.1 Å². The van der Waals surface area contributed by atoms with Gasteiger partial charge in [-0.15, -0.1) is 13.2 Å². The maximum atomic E-state index is 10.2. The van der Waals surface area contributed by atoms with Crippen molar-refractivity contribution < 1.29 is 9.90 Å². The molecule has 0 aliphatic heterocycles. The Labute approximate surface area is 186 Å². The number of carboxylic acids is 1. The molecule has 4 heteroatoms. The van der Waals surface area contributed by atoms with Crippen molar-refractivity contribution in [3.05, 3.63) is 102 Å². The van der Waals surface area contributed by atoms with Crippen molar-refractivity contribution in [1.82, 2.24) is 9.78 Å². The molecule has 1 heterocycles. The van der Waals surface area contributed by atoms with E-state index in [4.69, 9.17) is 5.11 Å². The van der Waals surface area contributed by atoms with Gasteiger partial charge in [-0.3, -0.25) is 4.68 Å². The summed E-state index contributed by atoms with van der Waals surface area (Å²) in [6, 6.07) is 17.3. The summed E-state index contributed by atoms with van der Waals surface area (Å²) in [5.41, 5.74) is 5.31. The molecule has 4 nitrogen and oxygen atoms in total. The molecule has 0 atom stereocenters. The molecule has 31 heavy (non-hydrogen) atoms. The second-order valence-corrected chi connectivity index (χ2v) is 9.02. The standard InChI is InChI=1S/C18H24N2.C7H6O2.C2H4/c1-17(2)8-9-18(3,4)16-12-14(6-7-15(16)17)13-20-11-5-10-19-20;8-7(9)6-4-2-1-3-5-6;1-2/h5-7,10-12H,8-9,13H2,1-4H3;1-5H,(H,8,9);1-2H2. The van der Waals surface area contributed by atoms with Crippen molar-refractivity contribution in [2.45, 2.75) is 57.9 Å². The van der Waals surface area contributed by atoms with Crippen molar-refractivity contribution in [2.24, 2.45) is 0 Å². The molecule has 3 aromatic rings. The summed E-state index contributed by atoms with van der Waals surface area (Å²) in [6.07, 6.45) is 6.39. The van der Waals surface area contributed by atoms with E-state index in [1.165, 1.54) is 29.5 Å². The number of aromatic carboxylic acids is 1. The number of hydrogen-bond donors (Lipinski definition) is 1. The Kier molecular flexibility index (Phi) is 7.98. The van der Waals surface area contributed by atoms with Gasteiger partial charge in [-0.05, 0) is 58.6 Å². The van der Waals surface area contributed by atoms with Crippen molar-refractivity contribution in [3.63, 3.8) is 0 Å². The summed E-state index contributed by atoms with van der Waals surface area (Å²) in [7, 11) is 0. The van der Waals surface area contributed by atoms with Crippen LogP contribution in [0.3, 0.4) is 0 Å². The normalized spacial score (nSPS) is 15.4. The van der Waals surface area contributed by atoms with E-state index in [1.54, 1.807) is 30.3 Å². The third kappa shape index (κ3) is 6.17. The van der Waals surface area contributed by atoms with Crippen LogP contribution in [0.15, 0.2) is 80.1 Å². The maximum absolute atomic E-state index is 10.2. The van der Waals surface area contributed by atoms with Crippen LogP contribution in [-0.2, 0) is 17.4 Å². The molecule has 0 unspecified atom stereocenters. The number of carboxylic acid groups (broad SMARTS) is 1. The van der Waals surface area contributed by atoms with Gasteiger partial charge >= 0.3 is 5.97 Å². The highest BCUT2D eigenvalue weighted by atomic mass is 16.4. The van der Waals surface area contributed by atoms with Gasteiger partial charge in [0, 0.05) is 12.4 Å². The van der Waals surface area contributed by atoms with Gasteiger partial charge in [0.05, 0.1) is 12.1 Å². The summed E-state index contributed by atoms with van der Waals surface area (Å²) in [6.45, 7) is 16.3. The third-order valence-electron chi connectivity index (χ3n) is 5.84. The van der Waals surface area contributed by atoms with Crippen LogP contribution in [0.5, 0.6) is 0 Å². The van der Waals surface area contributed by atoms with Crippen LogP contribution in [-0.4, -0.2) is 20.9 Å². The molecule has 0 saturated carbocycles. The molecule has 1 aromatic heterocycles. The SMILES string of the molecule is C=C.CC1(C)CCC(C)(C)c2cc(Cn3cccn3)ccc21.O=C(O)c1ccccc1. The number of fused-ring (bicyclic) bond motifs is 1. The van der Waals surface area contributed by atoms with Gasteiger partial charge < -0.3 is 5.11 Å². The molecule has 2 aromatic carbocycles. The number of benzene rings is 2. The number of aromatic nitrogens is 2. The first-order valence-corrected chi connectivity index (χ1v) is 10.6. The van der Waals surface area contributed by atoms with E-state index >= 15 is 0 Å². The van der Waals surface area contributed by atoms with Gasteiger partial charge in [-0.2, -0.15) is 5.10 Å². The van der Waals surface area contributed by atoms with Crippen molar-refractivity contribution in [3.8, 4) is 0 Å². The van der Waals surface area contributed by atoms with Crippen molar-refractivity contribution >= 4 is 5.97 Å². The average molecular weight is 419 g/mol. The molecule has 0 saturated heterocycles. The highest BCUT2D eigenvalue weighted by molar-refractivity contribution is 5.87. The zero-order chi connectivity index (χ0) is 23.1. The topological polar surface area (TPSA) is 55.1 Å². The summed E-state index contributed by atoms with van der Waals surface area (Å²) >= 11 is 0. The Bertz CT molecular complexity index is 974. The first kappa shape index (κ1) is 24.1. The van der Waals surface area contributed by atoms with Crippen molar-refractivity contribution in [1.29, 1.82) is 0 Å². The second kappa shape index (κ2) is 10.3. The molecule has 0 amide bonds. The Morgan fingerprint density at radius 1 is 0.968 bits per heavy atom. The lowest BCUT2D eigenvalue weighted by Crippen LogP contribution is -2.33. The number of carbonyl (C=O) groups is 1. The zero-order valence-corrected chi connectivity index (χ0v) is 19.1. The molecular weight excluding hydrogens is 384 g/mol. The molecular formula is C27H34N2O2. The summed E-state index contributed by atoms with van der Waals surface area (Å²) in [5, 5.41) is 12.7. The Hall–Kier alpha value is -3.14. The molecule has 1 N–H and O–H groups in total. The van der Waals surface area contributed by atoms with Crippen LogP contribution >= 0.6 is 0 Å². The molecule has 4 rings (SSSR count). The first-order valence-electron chi connectivity index (χ1n) is 10.6. The Morgan fingerprint density at radius 3 is 2.10 bits per heavy atom. The van der Waals surface area contributed by atoms with Crippen LogP contribution in [0.4, 0.5) is 0 Å². The lowest BCUT2D eigenvalue weighted by molar-refractivity contribution is 0.0697. The van der Waals surface area contributed by atoms with E-state index in [2.05, 4.69) is 64.2 Å². The minimum absolute atomic E-state index is 0.283. The van der Waals surface area contributed by atoms with Crippen LogP contribution in [0.25, 0.3) is 0 Å². The van der Waals surface area contributed by atoms with Crippen LogP contribution in [0.1, 0.15) is 67.6 Å². The van der Waals surface area contributed by atoms with E-state index in [-0.39, 0.29) is 5.41 Å². The van der Waals surface area contributed by atoms with E-state index in [9.17, 15) is 4.79 Å². The van der Waals surface area contributed by atoms with Crippen LogP contribution in [0, 0.1) is 0 Å². The quantitative estimate of drug-likeness (QED) is 0.496. The Balaban J connectivity index is 0.000000261. The third-order valence-corrected chi connectivity index (χ3v) is 5.84. The predicted octanol–water partition coefficient (Wildman–Crippen LogP) is 6.47. The molecule has 0 bridgehead atoms. The van der Waals surface area contributed by atoms with Crippen LogP contribution < -0.4 is 0 Å². The highest BCUT2D eigenvalue weighted by Crippen LogP contribution is 2.45. The zero-order valence-electron chi connectivity index (χ0n) is 19.1. The van der Waals surface area contributed by atoms with E-state index in [0.29, 0.717) is 11.0 Å². The monoisotopic (exact) mass is 418 g/mol. The molecule has 0 fully saturated rings. The lowest BCUT2D eigenvalue weighted by Gasteiger charge is -2.42. The number of rotatable bonds is 3. The molecule has 0 spiro atoms. The summed E-state index contributed by atoms with van der Waals surface area (Å²) < 4.78 is 1.99. The van der Waals surface area contributed by atoms with Gasteiger partial charge in [0.15, 0.2) is 0 Å². The maximum Gasteiger partial charge on any atom is 0.335 e. The van der Waals surface area contributed by atoms with Gasteiger partial charge in [-0.25, -0.2) is 4.79 Å². The van der Waals surface area contributed by atoms with Gasteiger partial charge in [0.2, 0.25) is 0 Å². The summed E-state index contributed by atoms with van der Waals surface area (Å²) in [5.74, 6) is -0.879.